The van der Waals surface area contributed by atoms with Crippen LogP contribution in [0.3, 0.4) is 0 Å². The molecule has 108 valence electrons. The van der Waals surface area contributed by atoms with Gasteiger partial charge in [-0.25, -0.2) is 5.48 Å². The fraction of sp³-hybridized carbons (Fsp3) is 0.235. The number of anilines is 1. The smallest absolute Gasteiger partial charge is 0.275 e. The van der Waals surface area contributed by atoms with Gasteiger partial charge in [-0.3, -0.25) is 9.63 Å². The fourth-order valence-corrected chi connectivity index (χ4v) is 2.54. The highest BCUT2D eigenvalue weighted by Gasteiger charge is 2.17. The molecule has 0 saturated heterocycles. The fourth-order valence-electron chi connectivity index (χ4n) is 2.54. The molecule has 3 rings (SSSR count). The Morgan fingerprint density at radius 1 is 1.14 bits per heavy atom. The van der Waals surface area contributed by atoms with E-state index >= 15 is 0 Å². The zero-order chi connectivity index (χ0) is 14.5. The maximum absolute atomic E-state index is 12.2. The molecule has 0 unspecified atom stereocenters. The molecule has 0 aliphatic carbocycles. The first-order valence-corrected chi connectivity index (χ1v) is 7.16. The Balaban J connectivity index is 1.63. The first kappa shape index (κ1) is 13.6. The average molecular weight is 282 g/mol. The number of nitrogens with one attached hydrogen (secondary N) is 2. The number of rotatable bonds is 4. The standard InChI is InChI=1S/C17H18N2O2/c20-17(19-21-12-13-6-2-1-3-7-13)15-8-4-10-16-14(15)9-5-11-18-16/h1-4,6-8,10,18H,5,9,11-12H2,(H,19,20). The minimum absolute atomic E-state index is 0.188. The molecule has 0 saturated carbocycles. The molecule has 1 heterocycles. The van der Waals surface area contributed by atoms with Gasteiger partial charge in [0.1, 0.15) is 0 Å². The first-order chi connectivity index (χ1) is 10.3. The maximum atomic E-state index is 12.2. The summed E-state index contributed by atoms with van der Waals surface area (Å²) in [5.74, 6) is -0.188. The van der Waals surface area contributed by atoms with Crippen LogP contribution in [0.1, 0.15) is 27.9 Å². The summed E-state index contributed by atoms with van der Waals surface area (Å²) in [6, 6.07) is 15.5. The second-order valence-corrected chi connectivity index (χ2v) is 5.07. The van der Waals surface area contributed by atoms with Crippen LogP contribution in [0.4, 0.5) is 5.69 Å². The second-order valence-electron chi connectivity index (χ2n) is 5.07. The highest BCUT2D eigenvalue weighted by atomic mass is 16.6. The zero-order valence-electron chi connectivity index (χ0n) is 11.8. The van der Waals surface area contributed by atoms with Crippen LogP contribution in [-0.4, -0.2) is 12.5 Å². The van der Waals surface area contributed by atoms with Gasteiger partial charge in [0, 0.05) is 17.8 Å². The Hall–Kier alpha value is -2.33. The summed E-state index contributed by atoms with van der Waals surface area (Å²) < 4.78 is 0. The number of benzene rings is 2. The molecule has 21 heavy (non-hydrogen) atoms. The van der Waals surface area contributed by atoms with Gasteiger partial charge in [0.05, 0.1) is 6.61 Å². The number of fused-ring (bicyclic) bond motifs is 1. The molecule has 2 N–H and O–H groups in total. The molecule has 1 amide bonds. The van der Waals surface area contributed by atoms with Crippen LogP contribution in [0.15, 0.2) is 48.5 Å². The van der Waals surface area contributed by atoms with Crippen LogP contribution < -0.4 is 10.8 Å². The largest absolute Gasteiger partial charge is 0.385 e. The monoisotopic (exact) mass is 282 g/mol. The van der Waals surface area contributed by atoms with Gasteiger partial charge in [-0.1, -0.05) is 36.4 Å². The van der Waals surface area contributed by atoms with Crippen molar-refractivity contribution in [1.82, 2.24) is 5.48 Å². The number of hydroxylamine groups is 1. The van der Waals surface area contributed by atoms with Gasteiger partial charge in [0.2, 0.25) is 0 Å². The first-order valence-electron chi connectivity index (χ1n) is 7.16. The van der Waals surface area contributed by atoms with E-state index in [4.69, 9.17) is 4.84 Å². The van der Waals surface area contributed by atoms with Crippen molar-refractivity contribution >= 4 is 11.6 Å². The topological polar surface area (TPSA) is 50.4 Å². The molecule has 2 aromatic carbocycles. The van der Waals surface area contributed by atoms with Crippen LogP contribution in [0.2, 0.25) is 0 Å². The van der Waals surface area contributed by atoms with E-state index in [0.29, 0.717) is 12.2 Å². The van der Waals surface area contributed by atoms with Crippen molar-refractivity contribution in [2.75, 3.05) is 11.9 Å². The van der Waals surface area contributed by atoms with E-state index in [2.05, 4.69) is 10.8 Å². The summed E-state index contributed by atoms with van der Waals surface area (Å²) in [5, 5.41) is 3.32. The lowest BCUT2D eigenvalue weighted by atomic mass is 9.97. The number of hydrogen-bond acceptors (Lipinski definition) is 3. The Morgan fingerprint density at radius 2 is 2.00 bits per heavy atom. The van der Waals surface area contributed by atoms with Gasteiger partial charge in [-0.05, 0) is 36.1 Å². The van der Waals surface area contributed by atoms with E-state index in [-0.39, 0.29) is 5.91 Å². The van der Waals surface area contributed by atoms with Crippen molar-refractivity contribution in [3.63, 3.8) is 0 Å². The van der Waals surface area contributed by atoms with Crippen molar-refractivity contribution in [3.8, 4) is 0 Å². The van der Waals surface area contributed by atoms with E-state index in [9.17, 15) is 4.79 Å². The Labute approximate surface area is 124 Å². The van der Waals surface area contributed by atoms with Gasteiger partial charge in [0.15, 0.2) is 0 Å². The third-order valence-electron chi connectivity index (χ3n) is 3.59. The molecule has 0 radical (unpaired) electrons. The van der Waals surface area contributed by atoms with E-state index < -0.39 is 0 Å². The molecule has 0 aromatic heterocycles. The molecule has 0 atom stereocenters. The van der Waals surface area contributed by atoms with E-state index in [1.165, 1.54) is 0 Å². The summed E-state index contributed by atoms with van der Waals surface area (Å²) in [6.07, 6.45) is 1.97. The van der Waals surface area contributed by atoms with Gasteiger partial charge in [-0.2, -0.15) is 0 Å². The molecule has 2 aromatic rings. The van der Waals surface area contributed by atoms with Gasteiger partial charge >= 0.3 is 0 Å². The van der Waals surface area contributed by atoms with E-state index in [1.54, 1.807) is 0 Å². The molecular formula is C17H18N2O2. The van der Waals surface area contributed by atoms with Crippen molar-refractivity contribution in [2.45, 2.75) is 19.4 Å². The number of carbonyl (C=O) groups excluding carboxylic acids is 1. The maximum Gasteiger partial charge on any atom is 0.275 e. The summed E-state index contributed by atoms with van der Waals surface area (Å²) in [7, 11) is 0. The third kappa shape index (κ3) is 3.23. The van der Waals surface area contributed by atoms with Crippen LogP contribution in [0.25, 0.3) is 0 Å². The normalized spacial score (nSPS) is 13.1. The summed E-state index contributed by atoms with van der Waals surface area (Å²) in [4.78, 5) is 17.5. The molecule has 4 nitrogen and oxygen atoms in total. The van der Waals surface area contributed by atoms with Crippen molar-refractivity contribution in [1.29, 1.82) is 0 Å². The Bertz CT molecular complexity index is 626. The number of hydrogen-bond donors (Lipinski definition) is 2. The third-order valence-corrected chi connectivity index (χ3v) is 3.59. The summed E-state index contributed by atoms with van der Waals surface area (Å²) in [5.41, 5.74) is 6.37. The summed E-state index contributed by atoms with van der Waals surface area (Å²) >= 11 is 0. The lowest BCUT2D eigenvalue weighted by molar-refractivity contribution is 0.0233. The lowest BCUT2D eigenvalue weighted by Gasteiger charge is -2.20. The summed E-state index contributed by atoms with van der Waals surface area (Å²) in [6.45, 7) is 1.32. The van der Waals surface area contributed by atoms with Crippen LogP contribution in [0, 0.1) is 0 Å². The highest BCUT2D eigenvalue weighted by Crippen LogP contribution is 2.25. The van der Waals surface area contributed by atoms with Gasteiger partial charge in [-0.15, -0.1) is 0 Å². The minimum Gasteiger partial charge on any atom is -0.385 e. The number of amides is 1. The quantitative estimate of drug-likeness (QED) is 0.848. The average Bonchev–Trinajstić information content (AvgIpc) is 2.55. The molecule has 4 heteroatoms. The van der Waals surface area contributed by atoms with Crippen molar-refractivity contribution in [2.24, 2.45) is 0 Å². The number of carbonyl (C=O) groups is 1. The van der Waals surface area contributed by atoms with E-state index in [1.807, 2.05) is 48.5 Å². The molecular weight excluding hydrogens is 264 g/mol. The Kier molecular flexibility index (Phi) is 4.17. The zero-order valence-corrected chi connectivity index (χ0v) is 11.8. The van der Waals surface area contributed by atoms with Crippen LogP contribution in [-0.2, 0) is 17.9 Å². The molecule has 0 fully saturated rings. The minimum atomic E-state index is -0.188. The van der Waals surface area contributed by atoms with Crippen molar-refractivity contribution in [3.05, 3.63) is 65.2 Å². The highest BCUT2D eigenvalue weighted by molar-refractivity contribution is 5.96. The molecule has 1 aliphatic rings. The SMILES string of the molecule is O=C(NOCc1ccccc1)c1cccc2c1CCCN2. The van der Waals surface area contributed by atoms with Crippen molar-refractivity contribution < 1.29 is 9.63 Å². The second kappa shape index (κ2) is 6.41. The van der Waals surface area contributed by atoms with E-state index in [0.717, 1.165) is 36.2 Å². The van der Waals surface area contributed by atoms with Crippen LogP contribution in [0.5, 0.6) is 0 Å². The predicted molar refractivity (Wildman–Crippen MR) is 81.9 cm³/mol. The molecule has 0 spiro atoms. The molecule has 1 aliphatic heterocycles. The Morgan fingerprint density at radius 3 is 2.86 bits per heavy atom. The van der Waals surface area contributed by atoms with Crippen LogP contribution >= 0.6 is 0 Å². The predicted octanol–water partition coefficient (Wildman–Crippen LogP) is 2.91. The molecule has 0 bridgehead atoms. The lowest BCUT2D eigenvalue weighted by Crippen LogP contribution is -2.26. The van der Waals surface area contributed by atoms with Gasteiger partial charge < -0.3 is 5.32 Å². The van der Waals surface area contributed by atoms with Gasteiger partial charge in [0.25, 0.3) is 5.91 Å².